The number of rotatable bonds is 6. The van der Waals surface area contributed by atoms with Gasteiger partial charge in [0.15, 0.2) is 6.29 Å². The second-order valence-electron chi connectivity index (χ2n) is 2.48. The maximum absolute atomic E-state index is 10.7. The molecule has 0 saturated heterocycles. The van der Waals surface area contributed by atoms with Gasteiger partial charge in [0.1, 0.15) is 12.4 Å². The molecule has 1 unspecified atom stereocenters. The van der Waals surface area contributed by atoms with Gasteiger partial charge in [-0.1, -0.05) is 0 Å². The summed E-state index contributed by atoms with van der Waals surface area (Å²) in [5, 5.41) is 8.99. The first-order valence-electron chi connectivity index (χ1n) is 4.01. The van der Waals surface area contributed by atoms with Crippen molar-refractivity contribution >= 4 is 11.8 Å². The number of ether oxygens (including phenoxy) is 2. The average Bonchev–Trinajstić information content (AvgIpc) is 2.00. The zero-order chi connectivity index (χ0) is 10.3. The first-order valence-corrected chi connectivity index (χ1v) is 4.01. The maximum atomic E-state index is 10.7. The van der Waals surface area contributed by atoms with Gasteiger partial charge in [-0.2, -0.15) is 0 Å². The van der Waals surface area contributed by atoms with Crippen LogP contribution in [0.5, 0.6) is 0 Å². The highest BCUT2D eigenvalue weighted by atomic mass is 16.6. The van der Waals surface area contributed by atoms with Gasteiger partial charge in [0, 0.05) is 0 Å². The van der Waals surface area contributed by atoms with Crippen LogP contribution < -0.4 is 0 Å². The molecular weight excluding hydrogens is 176 g/mol. The van der Waals surface area contributed by atoms with Gasteiger partial charge in [-0.05, 0) is 13.8 Å². The number of ketones is 1. The van der Waals surface area contributed by atoms with E-state index in [1.165, 1.54) is 6.92 Å². The Morgan fingerprint density at radius 3 is 2.54 bits per heavy atom. The fourth-order valence-corrected chi connectivity index (χ4v) is 0.672. The Bertz CT molecular complexity index is 177. The molecule has 1 N–H and O–H groups in total. The summed E-state index contributed by atoms with van der Waals surface area (Å²) >= 11 is 0. The Balaban J connectivity index is 3.51. The average molecular weight is 190 g/mol. The minimum Gasteiger partial charge on any atom is -0.464 e. The summed E-state index contributed by atoms with van der Waals surface area (Å²) in [6.45, 7) is 2.94. The van der Waals surface area contributed by atoms with Crippen LogP contribution in [0.2, 0.25) is 0 Å². The minimum atomic E-state index is -1.22. The Morgan fingerprint density at radius 2 is 2.08 bits per heavy atom. The molecule has 0 bridgehead atoms. The number of Topliss-reactive ketones (excluding diaryl/α,β-unsaturated/α-hetero) is 1. The summed E-state index contributed by atoms with van der Waals surface area (Å²) < 4.78 is 9.16. The van der Waals surface area contributed by atoms with Crippen molar-refractivity contribution in [2.24, 2.45) is 0 Å². The lowest BCUT2D eigenvalue weighted by Crippen LogP contribution is -2.21. The molecule has 0 radical (unpaired) electrons. The highest BCUT2D eigenvalue weighted by molar-refractivity contribution is 5.75. The standard InChI is InChI=1S/C8H14O5/c1-3-12-8(11)5-13-7(10)4-6(2)9/h7,10H,3-5H2,1-2H3. The number of aliphatic hydroxyl groups excluding tert-OH is 1. The van der Waals surface area contributed by atoms with Gasteiger partial charge < -0.3 is 14.6 Å². The summed E-state index contributed by atoms with van der Waals surface area (Å²) in [6.07, 6.45) is -1.33. The van der Waals surface area contributed by atoms with Gasteiger partial charge >= 0.3 is 5.97 Å². The van der Waals surface area contributed by atoms with E-state index in [0.29, 0.717) is 0 Å². The monoisotopic (exact) mass is 190 g/mol. The highest BCUT2D eigenvalue weighted by Gasteiger charge is 2.10. The van der Waals surface area contributed by atoms with Crippen LogP contribution >= 0.6 is 0 Å². The molecule has 0 saturated carbocycles. The zero-order valence-electron chi connectivity index (χ0n) is 7.78. The van der Waals surface area contributed by atoms with Crippen LogP contribution in [-0.2, 0) is 19.1 Å². The molecule has 0 aromatic carbocycles. The molecule has 1 atom stereocenters. The van der Waals surface area contributed by atoms with E-state index < -0.39 is 12.3 Å². The Hall–Kier alpha value is -0.940. The van der Waals surface area contributed by atoms with Crippen LogP contribution in [0, 0.1) is 0 Å². The molecule has 5 nitrogen and oxygen atoms in total. The number of hydrogen-bond donors (Lipinski definition) is 1. The van der Waals surface area contributed by atoms with E-state index in [9.17, 15) is 9.59 Å². The van der Waals surface area contributed by atoms with E-state index in [-0.39, 0.29) is 25.4 Å². The molecule has 76 valence electrons. The van der Waals surface area contributed by atoms with Crippen LogP contribution in [0.1, 0.15) is 20.3 Å². The van der Waals surface area contributed by atoms with Crippen molar-refractivity contribution in [2.75, 3.05) is 13.2 Å². The molecule has 0 aliphatic rings. The van der Waals surface area contributed by atoms with E-state index in [1.54, 1.807) is 6.92 Å². The highest BCUT2D eigenvalue weighted by Crippen LogP contribution is 1.95. The summed E-state index contributed by atoms with van der Waals surface area (Å²) in [7, 11) is 0. The number of esters is 1. The second kappa shape index (κ2) is 6.56. The number of hydrogen-bond acceptors (Lipinski definition) is 5. The van der Waals surface area contributed by atoms with Crippen LogP contribution in [0.3, 0.4) is 0 Å². The van der Waals surface area contributed by atoms with Crippen molar-refractivity contribution in [1.82, 2.24) is 0 Å². The number of aliphatic hydroxyl groups is 1. The summed E-state index contributed by atoms with van der Waals surface area (Å²) in [6, 6.07) is 0. The first kappa shape index (κ1) is 12.1. The summed E-state index contributed by atoms with van der Waals surface area (Å²) in [5.74, 6) is -0.749. The van der Waals surface area contributed by atoms with E-state index in [4.69, 9.17) is 5.11 Å². The molecule has 0 heterocycles. The molecule has 0 aromatic rings. The van der Waals surface area contributed by atoms with Crippen molar-refractivity contribution < 1.29 is 24.2 Å². The quantitative estimate of drug-likeness (QED) is 0.466. The van der Waals surface area contributed by atoms with Crippen molar-refractivity contribution in [3.63, 3.8) is 0 Å². The maximum Gasteiger partial charge on any atom is 0.332 e. The van der Waals surface area contributed by atoms with Gasteiger partial charge in [-0.3, -0.25) is 4.79 Å². The molecule has 5 heteroatoms. The van der Waals surface area contributed by atoms with E-state index >= 15 is 0 Å². The van der Waals surface area contributed by atoms with Crippen molar-refractivity contribution in [2.45, 2.75) is 26.6 Å². The van der Waals surface area contributed by atoms with Gasteiger partial charge in [0.2, 0.25) is 0 Å². The number of carbonyl (C=O) groups excluding carboxylic acids is 2. The first-order chi connectivity index (χ1) is 6.06. The van der Waals surface area contributed by atoms with Gasteiger partial charge in [0.05, 0.1) is 13.0 Å². The zero-order valence-corrected chi connectivity index (χ0v) is 7.78. The Kier molecular flexibility index (Phi) is 6.09. The lowest BCUT2D eigenvalue weighted by molar-refractivity contribution is -0.164. The molecule has 13 heavy (non-hydrogen) atoms. The second-order valence-corrected chi connectivity index (χ2v) is 2.48. The van der Waals surface area contributed by atoms with Crippen LogP contribution in [0.4, 0.5) is 0 Å². The topological polar surface area (TPSA) is 72.8 Å². The fourth-order valence-electron chi connectivity index (χ4n) is 0.672. The molecule has 0 rings (SSSR count). The smallest absolute Gasteiger partial charge is 0.332 e. The van der Waals surface area contributed by atoms with Gasteiger partial charge in [-0.15, -0.1) is 0 Å². The molecule has 0 spiro atoms. The van der Waals surface area contributed by atoms with Crippen LogP contribution in [0.25, 0.3) is 0 Å². The SMILES string of the molecule is CCOC(=O)COC(O)CC(C)=O. The predicted molar refractivity (Wildman–Crippen MR) is 43.9 cm³/mol. The normalized spacial score (nSPS) is 12.2. The van der Waals surface area contributed by atoms with E-state index in [2.05, 4.69) is 9.47 Å². The molecule has 0 aliphatic heterocycles. The fraction of sp³-hybridized carbons (Fsp3) is 0.750. The van der Waals surface area contributed by atoms with Crippen molar-refractivity contribution in [3.05, 3.63) is 0 Å². The third-order valence-corrected chi connectivity index (χ3v) is 1.16. The Labute approximate surface area is 76.6 Å². The van der Waals surface area contributed by atoms with Crippen LogP contribution in [0.15, 0.2) is 0 Å². The molecular formula is C8H14O5. The number of carbonyl (C=O) groups is 2. The molecule has 0 fully saturated rings. The molecule has 0 aromatic heterocycles. The predicted octanol–water partition coefficient (Wildman–Crippen LogP) is -0.136. The van der Waals surface area contributed by atoms with Gasteiger partial charge in [0.25, 0.3) is 0 Å². The lowest BCUT2D eigenvalue weighted by atomic mass is 10.3. The molecule has 0 amide bonds. The summed E-state index contributed by atoms with van der Waals surface area (Å²) in [5.41, 5.74) is 0. The van der Waals surface area contributed by atoms with Crippen LogP contribution in [-0.4, -0.2) is 36.4 Å². The van der Waals surface area contributed by atoms with Gasteiger partial charge in [-0.25, -0.2) is 4.79 Å². The van der Waals surface area contributed by atoms with Crippen molar-refractivity contribution in [3.8, 4) is 0 Å². The summed E-state index contributed by atoms with van der Waals surface area (Å²) in [4.78, 5) is 21.2. The van der Waals surface area contributed by atoms with Crippen molar-refractivity contribution in [1.29, 1.82) is 0 Å². The lowest BCUT2D eigenvalue weighted by Gasteiger charge is -2.08. The van der Waals surface area contributed by atoms with E-state index in [1.807, 2.05) is 0 Å². The third kappa shape index (κ3) is 7.42. The largest absolute Gasteiger partial charge is 0.464 e. The molecule has 0 aliphatic carbocycles. The van der Waals surface area contributed by atoms with E-state index in [0.717, 1.165) is 0 Å². The third-order valence-electron chi connectivity index (χ3n) is 1.16. The minimum absolute atomic E-state index is 0.112. The Morgan fingerprint density at radius 1 is 1.46 bits per heavy atom.